The highest BCUT2D eigenvalue weighted by Crippen LogP contribution is 2.26. The van der Waals surface area contributed by atoms with E-state index in [0.29, 0.717) is 31.2 Å². The number of rotatable bonds is 7. The molecule has 1 aromatic heterocycles. The van der Waals surface area contributed by atoms with Crippen LogP contribution in [0.5, 0.6) is 0 Å². The fraction of sp³-hybridized carbons (Fsp3) is 0.222. The Balaban J connectivity index is 1.54. The number of para-hydroxylation sites is 1. The molecule has 0 spiro atoms. The average Bonchev–Trinajstić information content (AvgIpc) is 3.31. The van der Waals surface area contributed by atoms with Gasteiger partial charge in [-0.2, -0.15) is 4.31 Å². The highest BCUT2D eigenvalue weighted by molar-refractivity contribution is 7.89. The van der Waals surface area contributed by atoms with Crippen molar-refractivity contribution >= 4 is 27.0 Å². The molecule has 8 heteroatoms. The Morgan fingerprint density at radius 1 is 0.886 bits per heavy atom. The average molecular weight is 506 g/mol. The Morgan fingerprint density at radius 3 is 2.34 bits per heavy atom. The Morgan fingerprint density at radius 2 is 1.60 bits per heavy atom. The van der Waals surface area contributed by atoms with Crippen molar-refractivity contribution in [2.45, 2.75) is 17.9 Å². The van der Waals surface area contributed by atoms with Gasteiger partial charge in [0.05, 0.1) is 29.5 Å². The minimum absolute atomic E-state index is 0.305. The van der Waals surface area contributed by atoms with Gasteiger partial charge in [-0.25, -0.2) is 13.4 Å². The second-order valence-electron chi connectivity index (χ2n) is 8.28. The molecule has 0 atom stereocenters. The Hall–Kier alpha value is -3.04. The number of hydrogen-bond donors (Lipinski definition) is 0. The summed E-state index contributed by atoms with van der Waals surface area (Å²) in [6.45, 7) is 2.33. The molecule has 180 valence electrons. The molecule has 2 heterocycles. The fourth-order valence-corrected chi connectivity index (χ4v) is 6.53. The molecule has 1 saturated heterocycles. The van der Waals surface area contributed by atoms with Crippen LogP contribution in [0.25, 0.3) is 11.3 Å². The van der Waals surface area contributed by atoms with Gasteiger partial charge in [0, 0.05) is 30.6 Å². The van der Waals surface area contributed by atoms with Crippen LogP contribution in [0.3, 0.4) is 0 Å². The highest BCUT2D eigenvalue weighted by atomic mass is 32.2. The molecule has 0 N–H and O–H groups in total. The number of aryl methyl sites for hydroxylation is 1. The molecule has 0 bridgehead atoms. The van der Waals surface area contributed by atoms with E-state index >= 15 is 0 Å². The largest absolute Gasteiger partial charge is 0.379 e. The quantitative estimate of drug-likeness (QED) is 0.365. The third-order valence-corrected chi connectivity index (χ3v) is 8.74. The van der Waals surface area contributed by atoms with Crippen LogP contribution in [0.15, 0.2) is 100 Å². The first-order valence-electron chi connectivity index (χ1n) is 11.6. The SMILES string of the molecule is O=S(=O)(c1cccc(-c2csc(=Nc3ccccc3)n2CCc2ccccc2)c1)N1CCOCC1. The maximum Gasteiger partial charge on any atom is 0.243 e. The van der Waals surface area contributed by atoms with Crippen LogP contribution in [0.1, 0.15) is 5.56 Å². The zero-order valence-electron chi connectivity index (χ0n) is 19.3. The van der Waals surface area contributed by atoms with Crippen LogP contribution in [-0.4, -0.2) is 43.6 Å². The Labute approximate surface area is 209 Å². The minimum Gasteiger partial charge on any atom is -0.379 e. The lowest BCUT2D eigenvalue weighted by Gasteiger charge is -2.26. The molecule has 4 aromatic rings. The summed E-state index contributed by atoms with van der Waals surface area (Å²) in [4.78, 5) is 6.07. The second kappa shape index (κ2) is 10.7. The van der Waals surface area contributed by atoms with Gasteiger partial charge >= 0.3 is 0 Å². The minimum atomic E-state index is -3.58. The van der Waals surface area contributed by atoms with Crippen LogP contribution in [0.2, 0.25) is 0 Å². The van der Waals surface area contributed by atoms with Gasteiger partial charge in [0.25, 0.3) is 0 Å². The Bertz CT molecular complexity index is 1440. The number of ether oxygens (including phenoxy) is 1. The maximum absolute atomic E-state index is 13.3. The van der Waals surface area contributed by atoms with Crippen molar-refractivity contribution < 1.29 is 13.2 Å². The van der Waals surface area contributed by atoms with E-state index < -0.39 is 10.0 Å². The van der Waals surface area contributed by atoms with Crippen LogP contribution >= 0.6 is 11.3 Å². The maximum atomic E-state index is 13.3. The van der Waals surface area contributed by atoms with Gasteiger partial charge in [-0.15, -0.1) is 11.3 Å². The molecule has 0 saturated carbocycles. The van der Waals surface area contributed by atoms with Crippen molar-refractivity contribution in [3.05, 3.63) is 101 Å². The fourth-order valence-electron chi connectivity index (χ4n) is 4.12. The summed E-state index contributed by atoms with van der Waals surface area (Å²) in [5.41, 5.74) is 3.95. The summed E-state index contributed by atoms with van der Waals surface area (Å²) >= 11 is 1.56. The summed E-state index contributed by atoms with van der Waals surface area (Å²) < 4.78 is 35.5. The number of aromatic nitrogens is 1. The van der Waals surface area contributed by atoms with Gasteiger partial charge in [0.1, 0.15) is 0 Å². The van der Waals surface area contributed by atoms with E-state index in [1.54, 1.807) is 23.5 Å². The summed E-state index contributed by atoms with van der Waals surface area (Å²) in [7, 11) is -3.58. The predicted octanol–water partition coefficient (Wildman–Crippen LogP) is 4.71. The number of hydrogen-bond acceptors (Lipinski definition) is 5. The van der Waals surface area contributed by atoms with E-state index in [2.05, 4.69) is 22.1 Å². The molecular weight excluding hydrogens is 478 g/mol. The molecule has 0 unspecified atom stereocenters. The second-order valence-corrected chi connectivity index (χ2v) is 11.1. The molecule has 3 aromatic carbocycles. The normalized spacial score (nSPS) is 15.4. The lowest BCUT2D eigenvalue weighted by atomic mass is 10.1. The number of morpholine rings is 1. The first-order chi connectivity index (χ1) is 17.1. The van der Waals surface area contributed by atoms with Gasteiger partial charge in [-0.3, -0.25) is 0 Å². The first kappa shape index (κ1) is 23.7. The zero-order chi connectivity index (χ0) is 24.1. The highest BCUT2D eigenvalue weighted by Gasteiger charge is 2.26. The predicted molar refractivity (Wildman–Crippen MR) is 139 cm³/mol. The molecule has 0 amide bonds. The summed E-state index contributed by atoms with van der Waals surface area (Å²) in [5, 5.41) is 2.06. The van der Waals surface area contributed by atoms with Crippen LogP contribution in [0, 0.1) is 0 Å². The number of thiazole rings is 1. The summed E-state index contributed by atoms with van der Waals surface area (Å²) in [5.74, 6) is 0. The smallest absolute Gasteiger partial charge is 0.243 e. The van der Waals surface area contributed by atoms with E-state index in [0.717, 1.165) is 34.7 Å². The number of benzene rings is 3. The van der Waals surface area contributed by atoms with Gasteiger partial charge in [-0.05, 0) is 36.2 Å². The van der Waals surface area contributed by atoms with Crippen molar-refractivity contribution in [2.75, 3.05) is 26.3 Å². The van der Waals surface area contributed by atoms with Crippen LogP contribution in [-0.2, 0) is 27.7 Å². The molecule has 1 aliphatic heterocycles. The van der Waals surface area contributed by atoms with Crippen molar-refractivity contribution in [1.29, 1.82) is 0 Å². The van der Waals surface area contributed by atoms with Crippen LogP contribution in [0.4, 0.5) is 5.69 Å². The van der Waals surface area contributed by atoms with Crippen molar-refractivity contribution in [3.8, 4) is 11.3 Å². The molecule has 1 fully saturated rings. The lowest BCUT2D eigenvalue weighted by Crippen LogP contribution is -2.40. The van der Waals surface area contributed by atoms with E-state index in [-0.39, 0.29) is 0 Å². The summed E-state index contributed by atoms with van der Waals surface area (Å²) in [6.07, 6.45) is 0.846. The molecule has 0 radical (unpaired) electrons. The molecule has 35 heavy (non-hydrogen) atoms. The topological polar surface area (TPSA) is 63.9 Å². The Kier molecular flexibility index (Phi) is 7.24. The first-order valence-corrected chi connectivity index (χ1v) is 13.9. The van der Waals surface area contributed by atoms with E-state index in [1.807, 2.05) is 60.7 Å². The summed E-state index contributed by atoms with van der Waals surface area (Å²) in [6, 6.07) is 27.5. The lowest BCUT2D eigenvalue weighted by molar-refractivity contribution is 0.0730. The molecule has 6 nitrogen and oxygen atoms in total. The third-order valence-electron chi connectivity index (χ3n) is 5.98. The van der Waals surface area contributed by atoms with Gasteiger partial charge in [-0.1, -0.05) is 60.7 Å². The molecule has 1 aliphatic rings. The van der Waals surface area contributed by atoms with Gasteiger partial charge in [0.15, 0.2) is 4.80 Å². The molecule has 5 rings (SSSR count). The zero-order valence-corrected chi connectivity index (χ0v) is 20.9. The van der Waals surface area contributed by atoms with Crippen molar-refractivity contribution in [2.24, 2.45) is 4.99 Å². The standard InChI is InChI=1S/C27H27N3O3S2/c31-35(32,29-16-18-33-19-17-29)25-13-7-10-23(20-25)26-21-34-27(28-24-11-5-2-6-12-24)30(26)15-14-22-8-3-1-4-9-22/h1-13,20-21H,14-19H2. The monoisotopic (exact) mass is 505 g/mol. The van der Waals surface area contributed by atoms with Gasteiger partial charge < -0.3 is 9.30 Å². The van der Waals surface area contributed by atoms with E-state index in [9.17, 15) is 8.42 Å². The molecule has 0 aliphatic carbocycles. The van der Waals surface area contributed by atoms with Gasteiger partial charge in [0.2, 0.25) is 10.0 Å². The van der Waals surface area contributed by atoms with Crippen molar-refractivity contribution in [3.63, 3.8) is 0 Å². The van der Waals surface area contributed by atoms with E-state index in [4.69, 9.17) is 9.73 Å². The van der Waals surface area contributed by atoms with E-state index in [1.165, 1.54) is 9.87 Å². The molecular formula is C27H27N3O3S2. The van der Waals surface area contributed by atoms with Crippen molar-refractivity contribution in [1.82, 2.24) is 8.87 Å². The number of sulfonamides is 1. The third kappa shape index (κ3) is 5.46. The van der Waals surface area contributed by atoms with Crippen LogP contribution < -0.4 is 4.80 Å². The number of nitrogens with zero attached hydrogens (tertiary/aromatic N) is 3.